The molecule has 1 atom stereocenters. The summed E-state index contributed by atoms with van der Waals surface area (Å²) >= 11 is 6.00. The molecule has 0 saturated heterocycles. The number of halogens is 1. The summed E-state index contributed by atoms with van der Waals surface area (Å²) in [6, 6.07) is 0.418. The van der Waals surface area contributed by atoms with Gasteiger partial charge in [0.2, 0.25) is 0 Å². The van der Waals surface area contributed by atoms with E-state index in [0.29, 0.717) is 6.04 Å². The Labute approximate surface area is 96.8 Å². The van der Waals surface area contributed by atoms with Crippen molar-refractivity contribution in [3.8, 4) is 0 Å². The van der Waals surface area contributed by atoms with Crippen molar-refractivity contribution in [2.75, 3.05) is 13.1 Å². The zero-order chi connectivity index (χ0) is 11.3. The molecule has 0 aliphatic heterocycles. The van der Waals surface area contributed by atoms with Crippen LogP contribution in [0.3, 0.4) is 0 Å². The molecule has 1 aromatic heterocycles. The minimum atomic E-state index is 0.418. The highest BCUT2D eigenvalue weighted by Gasteiger charge is 2.12. The molecule has 3 nitrogen and oxygen atoms in total. The Kier molecular flexibility index (Phi) is 5.12. The smallest absolute Gasteiger partial charge is 0.0815 e. The lowest BCUT2D eigenvalue weighted by molar-refractivity contribution is 0.398. The van der Waals surface area contributed by atoms with Crippen LogP contribution in [-0.4, -0.2) is 22.9 Å². The fourth-order valence-electron chi connectivity index (χ4n) is 1.62. The van der Waals surface area contributed by atoms with Crippen molar-refractivity contribution in [2.24, 2.45) is 0 Å². The van der Waals surface area contributed by atoms with E-state index in [-0.39, 0.29) is 0 Å². The second-order valence-electron chi connectivity index (χ2n) is 3.79. The van der Waals surface area contributed by atoms with Gasteiger partial charge in [0.15, 0.2) is 0 Å². The number of likely N-dealkylation sites (N-methyl/N-ethyl adjacent to an activating group) is 1. The van der Waals surface area contributed by atoms with Crippen LogP contribution in [0, 0.1) is 6.92 Å². The first-order valence-electron chi connectivity index (χ1n) is 5.61. The number of hydrogen-bond acceptors (Lipinski definition) is 2. The van der Waals surface area contributed by atoms with E-state index in [0.717, 1.165) is 36.6 Å². The van der Waals surface area contributed by atoms with Crippen molar-refractivity contribution < 1.29 is 0 Å². The van der Waals surface area contributed by atoms with Gasteiger partial charge < -0.3 is 5.32 Å². The first-order valence-corrected chi connectivity index (χ1v) is 5.98. The summed E-state index contributed by atoms with van der Waals surface area (Å²) in [4.78, 5) is 0. The van der Waals surface area contributed by atoms with Gasteiger partial charge in [-0.2, -0.15) is 5.10 Å². The lowest BCUT2D eigenvalue weighted by Gasteiger charge is -2.16. The predicted octanol–water partition coefficient (Wildman–Crippen LogP) is 2.80. The molecular weight excluding hydrogens is 210 g/mol. The fourth-order valence-corrected chi connectivity index (χ4v) is 1.76. The van der Waals surface area contributed by atoms with E-state index in [9.17, 15) is 0 Å². The average molecular weight is 230 g/mol. The topological polar surface area (TPSA) is 29.9 Å². The maximum Gasteiger partial charge on any atom is 0.0815 e. The van der Waals surface area contributed by atoms with Crippen LogP contribution in [0.1, 0.15) is 38.4 Å². The van der Waals surface area contributed by atoms with Crippen LogP contribution in [-0.2, 0) is 0 Å². The third-order valence-electron chi connectivity index (χ3n) is 2.48. The average Bonchev–Trinajstić information content (AvgIpc) is 2.54. The van der Waals surface area contributed by atoms with Crippen molar-refractivity contribution in [3.63, 3.8) is 0 Å². The molecule has 86 valence electrons. The highest BCUT2D eigenvalue weighted by Crippen LogP contribution is 2.18. The van der Waals surface area contributed by atoms with Gasteiger partial charge in [0.1, 0.15) is 0 Å². The molecule has 4 heteroatoms. The molecule has 0 aromatic carbocycles. The monoisotopic (exact) mass is 229 g/mol. The van der Waals surface area contributed by atoms with Crippen molar-refractivity contribution >= 4 is 11.6 Å². The summed E-state index contributed by atoms with van der Waals surface area (Å²) < 4.78 is 1.99. The predicted molar refractivity (Wildman–Crippen MR) is 64.5 cm³/mol. The van der Waals surface area contributed by atoms with Gasteiger partial charge in [0.25, 0.3) is 0 Å². The molecule has 0 aliphatic rings. The second-order valence-corrected chi connectivity index (χ2v) is 4.20. The number of nitrogens with zero attached hydrogens (tertiary/aromatic N) is 2. The molecule has 0 radical (unpaired) electrons. The summed E-state index contributed by atoms with van der Waals surface area (Å²) in [5, 5.41) is 8.54. The van der Waals surface area contributed by atoms with E-state index < -0.39 is 0 Å². The van der Waals surface area contributed by atoms with Gasteiger partial charge in [-0.05, 0) is 19.9 Å². The van der Waals surface area contributed by atoms with Gasteiger partial charge in [-0.3, -0.25) is 4.68 Å². The van der Waals surface area contributed by atoms with E-state index in [1.165, 1.54) is 0 Å². The molecule has 1 unspecified atom stereocenters. The van der Waals surface area contributed by atoms with Gasteiger partial charge in [-0.1, -0.05) is 31.9 Å². The number of aromatic nitrogens is 2. The van der Waals surface area contributed by atoms with Crippen molar-refractivity contribution in [3.05, 3.63) is 16.9 Å². The minimum Gasteiger partial charge on any atom is -0.315 e. The van der Waals surface area contributed by atoms with E-state index in [2.05, 4.69) is 24.3 Å². The molecule has 0 fully saturated rings. The van der Waals surface area contributed by atoms with Crippen LogP contribution in [0.25, 0.3) is 0 Å². The van der Waals surface area contributed by atoms with Gasteiger partial charge in [0, 0.05) is 12.7 Å². The van der Waals surface area contributed by atoms with E-state index in [1.807, 2.05) is 17.8 Å². The fraction of sp³-hybridized carbons (Fsp3) is 0.727. The number of nitrogens with one attached hydrogen (secondary N) is 1. The zero-order valence-corrected chi connectivity index (χ0v) is 10.5. The van der Waals surface area contributed by atoms with Crippen LogP contribution in [0.4, 0.5) is 0 Å². The maximum absolute atomic E-state index is 6.00. The first kappa shape index (κ1) is 12.5. The van der Waals surface area contributed by atoms with Crippen LogP contribution >= 0.6 is 11.6 Å². The molecule has 0 bridgehead atoms. The van der Waals surface area contributed by atoms with Crippen molar-refractivity contribution in [2.45, 2.75) is 39.7 Å². The Morgan fingerprint density at radius 3 is 2.73 bits per heavy atom. The summed E-state index contributed by atoms with van der Waals surface area (Å²) in [5.74, 6) is 0. The maximum atomic E-state index is 6.00. The lowest BCUT2D eigenvalue weighted by atomic mass is 10.2. The van der Waals surface area contributed by atoms with Crippen LogP contribution < -0.4 is 5.32 Å². The van der Waals surface area contributed by atoms with E-state index in [1.54, 1.807) is 0 Å². The highest BCUT2D eigenvalue weighted by molar-refractivity contribution is 6.31. The molecular formula is C11H20ClN3. The quantitative estimate of drug-likeness (QED) is 0.813. The molecule has 15 heavy (non-hydrogen) atoms. The Hall–Kier alpha value is -0.540. The lowest BCUT2D eigenvalue weighted by Crippen LogP contribution is -2.25. The van der Waals surface area contributed by atoms with Gasteiger partial charge in [-0.25, -0.2) is 0 Å². The first-order chi connectivity index (χ1) is 7.19. The number of aryl methyl sites for hydroxylation is 1. The third kappa shape index (κ3) is 3.50. The molecule has 0 amide bonds. The molecule has 0 aliphatic carbocycles. The molecule has 1 aromatic rings. The Bertz CT molecular complexity index is 277. The van der Waals surface area contributed by atoms with Gasteiger partial charge in [0.05, 0.1) is 16.8 Å². The van der Waals surface area contributed by atoms with Gasteiger partial charge >= 0.3 is 0 Å². The highest BCUT2D eigenvalue weighted by atomic mass is 35.5. The third-order valence-corrected chi connectivity index (χ3v) is 2.85. The summed E-state index contributed by atoms with van der Waals surface area (Å²) in [6.07, 6.45) is 4.21. The molecule has 0 saturated carbocycles. The summed E-state index contributed by atoms with van der Waals surface area (Å²) in [6.45, 7) is 8.20. The Morgan fingerprint density at radius 2 is 2.27 bits per heavy atom. The molecule has 0 spiro atoms. The van der Waals surface area contributed by atoms with Crippen LogP contribution in [0.15, 0.2) is 6.20 Å². The minimum absolute atomic E-state index is 0.418. The van der Waals surface area contributed by atoms with Crippen LogP contribution in [0.2, 0.25) is 5.02 Å². The zero-order valence-electron chi connectivity index (χ0n) is 9.76. The van der Waals surface area contributed by atoms with Crippen molar-refractivity contribution in [1.82, 2.24) is 15.1 Å². The molecule has 1 rings (SSSR count). The Balaban J connectivity index is 2.69. The summed E-state index contributed by atoms with van der Waals surface area (Å²) in [7, 11) is 0. The van der Waals surface area contributed by atoms with Crippen LogP contribution in [0.5, 0.6) is 0 Å². The number of hydrogen-bond donors (Lipinski definition) is 1. The molecule has 1 heterocycles. The van der Waals surface area contributed by atoms with Gasteiger partial charge in [-0.15, -0.1) is 0 Å². The standard InChI is InChI=1S/C11H20ClN3/c1-4-6-10(7-13-5-2)15-8-11(12)9(3)14-15/h8,10,13H,4-7H2,1-3H3. The second kappa shape index (κ2) is 6.13. The van der Waals surface area contributed by atoms with E-state index >= 15 is 0 Å². The van der Waals surface area contributed by atoms with E-state index in [4.69, 9.17) is 11.6 Å². The Morgan fingerprint density at radius 1 is 1.53 bits per heavy atom. The number of rotatable bonds is 6. The summed E-state index contributed by atoms with van der Waals surface area (Å²) in [5.41, 5.74) is 0.911. The van der Waals surface area contributed by atoms with Crippen molar-refractivity contribution in [1.29, 1.82) is 0 Å². The SMILES string of the molecule is CCCC(CNCC)n1cc(Cl)c(C)n1. The normalized spacial score (nSPS) is 13.1. The molecule has 1 N–H and O–H groups in total. The largest absolute Gasteiger partial charge is 0.315 e.